The maximum absolute atomic E-state index is 12.0. The summed E-state index contributed by atoms with van der Waals surface area (Å²) < 4.78 is 5.88. The van der Waals surface area contributed by atoms with Crippen molar-refractivity contribution < 1.29 is 14.6 Å². The molecule has 0 spiro atoms. The standard InChI is InChI=1S/C25H18N2O3S/c1-16-9-11-17(12-10-16)21-14-19(22-8-5-13-31-22)20(15-26)24(27-21)30-23(25(28)29)18-6-3-2-4-7-18/h2-14,23H,1H3,(H,28,29). The highest BCUT2D eigenvalue weighted by Crippen LogP contribution is 2.37. The molecule has 152 valence electrons. The van der Waals surface area contributed by atoms with Gasteiger partial charge in [0.25, 0.3) is 0 Å². The van der Waals surface area contributed by atoms with Gasteiger partial charge in [0.15, 0.2) is 0 Å². The maximum atomic E-state index is 12.0. The number of nitriles is 1. The van der Waals surface area contributed by atoms with E-state index in [4.69, 9.17) is 4.74 Å². The summed E-state index contributed by atoms with van der Waals surface area (Å²) in [7, 11) is 0. The molecule has 0 fully saturated rings. The third kappa shape index (κ3) is 4.32. The first-order valence-electron chi connectivity index (χ1n) is 9.57. The lowest BCUT2D eigenvalue weighted by Crippen LogP contribution is -2.19. The van der Waals surface area contributed by atoms with Gasteiger partial charge in [-0.3, -0.25) is 0 Å². The minimum absolute atomic E-state index is 0.000211. The Bertz CT molecular complexity index is 1240. The summed E-state index contributed by atoms with van der Waals surface area (Å²) in [5.74, 6) is -1.16. The number of aliphatic carboxylic acids is 1. The first kappa shape index (κ1) is 20.3. The molecule has 5 nitrogen and oxygen atoms in total. The predicted molar refractivity (Wildman–Crippen MR) is 120 cm³/mol. The van der Waals surface area contributed by atoms with Gasteiger partial charge in [0, 0.05) is 21.6 Å². The van der Waals surface area contributed by atoms with Gasteiger partial charge in [-0.25, -0.2) is 9.78 Å². The van der Waals surface area contributed by atoms with Gasteiger partial charge < -0.3 is 9.84 Å². The number of hydrogen-bond donors (Lipinski definition) is 1. The predicted octanol–water partition coefficient (Wildman–Crippen LogP) is 5.86. The molecule has 1 unspecified atom stereocenters. The quantitative estimate of drug-likeness (QED) is 0.417. The Hall–Kier alpha value is -3.95. The molecule has 2 aromatic carbocycles. The van der Waals surface area contributed by atoms with Crippen molar-refractivity contribution in [1.29, 1.82) is 5.26 Å². The molecule has 0 aliphatic heterocycles. The zero-order valence-electron chi connectivity index (χ0n) is 16.6. The summed E-state index contributed by atoms with van der Waals surface area (Å²) in [6.45, 7) is 2.00. The van der Waals surface area contributed by atoms with Gasteiger partial charge in [-0.1, -0.05) is 66.2 Å². The van der Waals surface area contributed by atoms with Gasteiger partial charge in [-0.15, -0.1) is 11.3 Å². The summed E-state index contributed by atoms with van der Waals surface area (Å²) in [6, 6.07) is 24.3. The molecule has 31 heavy (non-hydrogen) atoms. The molecule has 0 saturated heterocycles. The number of carboxylic acids is 1. The first-order chi connectivity index (χ1) is 15.1. The van der Waals surface area contributed by atoms with Gasteiger partial charge in [0.1, 0.15) is 11.6 Å². The number of nitrogens with zero attached hydrogens (tertiary/aromatic N) is 2. The Labute approximate surface area is 183 Å². The van der Waals surface area contributed by atoms with Crippen LogP contribution in [0.3, 0.4) is 0 Å². The van der Waals surface area contributed by atoms with Crippen LogP contribution in [0, 0.1) is 18.3 Å². The Morgan fingerprint density at radius 2 is 1.84 bits per heavy atom. The molecule has 4 aromatic rings. The fourth-order valence-corrected chi connectivity index (χ4v) is 3.96. The van der Waals surface area contributed by atoms with Crippen molar-refractivity contribution in [1.82, 2.24) is 4.98 Å². The number of thiophene rings is 1. The topological polar surface area (TPSA) is 83.2 Å². The zero-order valence-corrected chi connectivity index (χ0v) is 17.5. The van der Waals surface area contributed by atoms with Crippen molar-refractivity contribution >= 4 is 17.3 Å². The number of ether oxygens (including phenoxy) is 1. The lowest BCUT2D eigenvalue weighted by molar-refractivity contribution is -0.145. The normalized spacial score (nSPS) is 11.5. The molecule has 0 aliphatic carbocycles. The Morgan fingerprint density at radius 1 is 1.10 bits per heavy atom. The SMILES string of the molecule is Cc1ccc(-c2cc(-c3cccs3)c(C#N)c(OC(C(=O)O)c3ccccc3)n2)cc1. The van der Waals surface area contributed by atoms with Gasteiger partial charge in [-0.05, 0) is 24.4 Å². The number of aromatic nitrogens is 1. The van der Waals surface area contributed by atoms with Crippen molar-refractivity contribution in [3.63, 3.8) is 0 Å². The van der Waals surface area contributed by atoms with Gasteiger partial charge in [0.2, 0.25) is 12.0 Å². The number of hydrogen-bond acceptors (Lipinski definition) is 5. The number of carboxylic acid groups (broad SMARTS) is 1. The van der Waals surface area contributed by atoms with Gasteiger partial charge >= 0.3 is 5.97 Å². The van der Waals surface area contributed by atoms with Crippen LogP contribution in [-0.4, -0.2) is 16.1 Å². The third-order valence-corrected chi connectivity index (χ3v) is 5.69. The van der Waals surface area contributed by atoms with E-state index in [1.165, 1.54) is 11.3 Å². The van der Waals surface area contributed by atoms with Crippen LogP contribution in [0.4, 0.5) is 0 Å². The molecule has 0 bridgehead atoms. The largest absolute Gasteiger partial charge is 0.478 e. The van der Waals surface area contributed by atoms with Crippen molar-refractivity contribution in [3.8, 4) is 33.6 Å². The number of carbonyl (C=O) groups is 1. The smallest absolute Gasteiger partial charge is 0.349 e. The van der Waals surface area contributed by atoms with E-state index in [0.29, 0.717) is 16.8 Å². The number of benzene rings is 2. The van der Waals surface area contributed by atoms with Crippen LogP contribution in [0.25, 0.3) is 21.7 Å². The highest BCUT2D eigenvalue weighted by Gasteiger charge is 2.26. The highest BCUT2D eigenvalue weighted by molar-refractivity contribution is 7.13. The lowest BCUT2D eigenvalue weighted by Gasteiger charge is -2.18. The van der Waals surface area contributed by atoms with Crippen LogP contribution in [-0.2, 0) is 4.79 Å². The van der Waals surface area contributed by atoms with Gasteiger partial charge in [0.05, 0.1) is 5.69 Å². The van der Waals surface area contributed by atoms with E-state index in [9.17, 15) is 15.2 Å². The Kier molecular flexibility index (Phi) is 5.78. The molecule has 1 N–H and O–H groups in total. The number of aryl methyl sites for hydroxylation is 1. The van der Waals surface area contributed by atoms with E-state index >= 15 is 0 Å². The molecule has 0 saturated carbocycles. The first-order valence-corrected chi connectivity index (χ1v) is 10.4. The highest BCUT2D eigenvalue weighted by atomic mass is 32.1. The summed E-state index contributed by atoms with van der Waals surface area (Å²) in [5, 5.41) is 21.6. The molecule has 0 amide bonds. The molecular formula is C25H18N2O3S. The van der Waals surface area contributed by atoms with E-state index < -0.39 is 12.1 Å². The summed E-state index contributed by atoms with van der Waals surface area (Å²) >= 11 is 1.49. The van der Waals surface area contributed by atoms with Crippen LogP contribution in [0.2, 0.25) is 0 Å². The zero-order chi connectivity index (χ0) is 21.8. The van der Waals surface area contributed by atoms with Crippen LogP contribution in [0.1, 0.15) is 22.8 Å². The molecule has 4 rings (SSSR count). The molecule has 0 radical (unpaired) electrons. The van der Waals surface area contributed by atoms with Crippen LogP contribution in [0.5, 0.6) is 5.88 Å². The number of pyridine rings is 1. The third-order valence-electron chi connectivity index (χ3n) is 4.79. The van der Waals surface area contributed by atoms with Crippen molar-refractivity contribution in [2.75, 3.05) is 0 Å². The average Bonchev–Trinajstić information content (AvgIpc) is 3.32. The summed E-state index contributed by atoms with van der Waals surface area (Å²) in [6.07, 6.45) is -1.29. The second-order valence-electron chi connectivity index (χ2n) is 6.94. The molecule has 1 atom stereocenters. The fourth-order valence-electron chi connectivity index (χ4n) is 3.21. The lowest BCUT2D eigenvalue weighted by atomic mass is 10.0. The van der Waals surface area contributed by atoms with Gasteiger partial charge in [-0.2, -0.15) is 5.26 Å². The van der Waals surface area contributed by atoms with Crippen molar-refractivity contribution in [2.24, 2.45) is 0 Å². The molecular weight excluding hydrogens is 408 g/mol. The Morgan fingerprint density at radius 3 is 2.45 bits per heavy atom. The van der Waals surface area contributed by atoms with Crippen LogP contribution in [0.15, 0.2) is 78.2 Å². The molecule has 2 aromatic heterocycles. The second-order valence-corrected chi connectivity index (χ2v) is 7.88. The summed E-state index contributed by atoms with van der Waals surface area (Å²) in [5.41, 5.74) is 3.91. The van der Waals surface area contributed by atoms with E-state index in [2.05, 4.69) is 11.1 Å². The van der Waals surface area contributed by atoms with E-state index in [-0.39, 0.29) is 11.4 Å². The summed E-state index contributed by atoms with van der Waals surface area (Å²) in [4.78, 5) is 17.4. The average molecular weight is 426 g/mol. The molecule has 6 heteroatoms. The van der Waals surface area contributed by atoms with Crippen LogP contribution >= 0.6 is 11.3 Å². The van der Waals surface area contributed by atoms with Crippen LogP contribution < -0.4 is 4.74 Å². The number of rotatable bonds is 6. The van der Waals surface area contributed by atoms with Crippen molar-refractivity contribution in [2.45, 2.75) is 13.0 Å². The Balaban J connectivity index is 1.88. The van der Waals surface area contributed by atoms with Crippen molar-refractivity contribution in [3.05, 3.63) is 94.9 Å². The monoisotopic (exact) mass is 426 g/mol. The minimum atomic E-state index is -1.29. The van der Waals surface area contributed by atoms with E-state index in [1.54, 1.807) is 30.3 Å². The van der Waals surface area contributed by atoms with E-state index in [1.807, 2.05) is 54.8 Å². The minimum Gasteiger partial charge on any atom is -0.478 e. The fraction of sp³-hybridized carbons (Fsp3) is 0.0800. The van der Waals surface area contributed by atoms with E-state index in [0.717, 1.165) is 16.0 Å². The molecule has 0 aliphatic rings. The second kappa shape index (κ2) is 8.82. The molecule has 2 heterocycles. The maximum Gasteiger partial charge on any atom is 0.349 e.